The van der Waals surface area contributed by atoms with Crippen molar-refractivity contribution < 1.29 is 13.6 Å². The predicted octanol–water partition coefficient (Wildman–Crippen LogP) is 5.30. The van der Waals surface area contributed by atoms with Gasteiger partial charge in [0.1, 0.15) is 5.69 Å². The molecule has 1 N–H and O–H groups in total. The van der Waals surface area contributed by atoms with Crippen LogP contribution in [0.1, 0.15) is 27.2 Å². The summed E-state index contributed by atoms with van der Waals surface area (Å²) in [6.07, 6.45) is 0.370. The molecule has 7 nitrogen and oxygen atoms in total. The summed E-state index contributed by atoms with van der Waals surface area (Å²) >= 11 is 10.4. The van der Waals surface area contributed by atoms with E-state index in [1.807, 2.05) is 36.4 Å². The van der Waals surface area contributed by atoms with Gasteiger partial charge in [0.05, 0.1) is 34.2 Å². The van der Waals surface area contributed by atoms with E-state index in [4.69, 9.17) is 23.2 Å². The zero-order valence-corrected chi connectivity index (χ0v) is 20.6. The van der Waals surface area contributed by atoms with Crippen LogP contribution in [0, 0.1) is 0 Å². The molecule has 11 heteroatoms. The SMILES string of the molecule is O=C(NCc1ccccc1Cl)c1ccc(Cl)cc1N(c1nsnc1Cc1ccccc1)S(=O)[O-]. The van der Waals surface area contributed by atoms with E-state index >= 15 is 0 Å². The molecule has 0 saturated heterocycles. The Labute approximate surface area is 213 Å². The molecule has 4 aromatic rings. The van der Waals surface area contributed by atoms with Crippen LogP contribution in [0.4, 0.5) is 11.5 Å². The van der Waals surface area contributed by atoms with E-state index in [9.17, 15) is 13.6 Å². The van der Waals surface area contributed by atoms with Crippen LogP contribution in [0.3, 0.4) is 0 Å². The Balaban J connectivity index is 1.68. The molecule has 1 unspecified atom stereocenters. The Morgan fingerprint density at radius 1 is 1.03 bits per heavy atom. The van der Waals surface area contributed by atoms with Crippen molar-refractivity contribution in [1.29, 1.82) is 0 Å². The molecular formula is C23H17Cl2N4O3S2-. The number of aromatic nitrogens is 2. The fraction of sp³-hybridized carbons (Fsp3) is 0.0870. The minimum absolute atomic E-state index is 0.0690. The topological polar surface area (TPSA) is 98.2 Å². The summed E-state index contributed by atoms with van der Waals surface area (Å²) < 4.78 is 34.2. The molecular weight excluding hydrogens is 515 g/mol. The van der Waals surface area contributed by atoms with Gasteiger partial charge in [0.25, 0.3) is 5.91 Å². The first kappa shape index (κ1) is 24.3. The van der Waals surface area contributed by atoms with Gasteiger partial charge in [0.15, 0.2) is 5.82 Å². The second-order valence-electron chi connectivity index (χ2n) is 7.14. The zero-order valence-electron chi connectivity index (χ0n) is 17.5. The maximum Gasteiger partial charge on any atom is 0.253 e. The lowest BCUT2D eigenvalue weighted by Crippen LogP contribution is -2.28. The maximum atomic E-state index is 13.1. The van der Waals surface area contributed by atoms with Crippen molar-refractivity contribution in [3.05, 3.63) is 105 Å². The van der Waals surface area contributed by atoms with Crippen LogP contribution >= 0.6 is 34.9 Å². The average Bonchev–Trinajstić information content (AvgIpc) is 3.26. The Hall–Kier alpha value is -2.82. The molecule has 0 saturated carbocycles. The molecule has 1 heterocycles. The summed E-state index contributed by atoms with van der Waals surface area (Å²) in [5.74, 6) is -0.376. The summed E-state index contributed by atoms with van der Waals surface area (Å²) in [5.41, 5.74) is 2.31. The zero-order chi connectivity index (χ0) is 24.1. The molecule has 0 aliphatic heterocycles. The van der Waals surface area contributed by atoms with Crippen molar-refractivity contribution in [1.82, 2.24) is 14.1 Å². The number of anilines is 2. The number of hydrogen-bond acceptors (Lipinski definition) is 6. The highest BCUT2D eigenvalue weighted by Crippen LogP contribution is 2.34. The smallest absolute Gasteiger partial charge is 0.253 e. The van der Waals surface area contributed by atoms with E-state index in [1.165, 1.54) is 18.2 Å². The largest absolute Gasteiger partial charge is 0.755 e. The second kappa shape index (κ2) is 11.1. The van der Waals surface area contributed by atoms with Gasteiger partial charge in [-0.3, -0.25) is 13.3 Å². The van der Waals surface area contributed by atoms with E-state index < -0.39 is 17.2 Å². The Bertz CT molecular complexity index is 1330. The van der Waals surface area contributed by atoms with Gasteiger partial charge < -0.3 is 9.87 Å². The third-order valence-corrected chi connectivity index (χ3v) is 6.74. The van der Waals surface area contributed by atoms with Crippen LogP contribution in [0.15, 0.2) is 72.8 Å². The minimum atomic E-state index is -2.80. The number of carbonyl (C=O) groups is 1. The van der Waals surface area contributed by atoms with E-state index in [0.29, 0.717) is 17.1 Å². The first-order valence-electron chi connectivity index (χ1n) is 10.00. The van der Waals surface area contributed by atoms with E-state index in [1.54, 1.807) is 18.2 Å². The molecule has 1 amide bonds. The first-order valence-corrected chi connectivity index (χ1v) is 12.5. The molecule has 0 aliphatic rings. The normalized spacial score (nSPS) is 11.7. The first-order chi connectivity index (χ1) is 16.4. The van der Waals surface area contributed by atoms with Crippen molar-refractivity contribution in [2.75, 3.05) is 4.31 Å². The molecule has 3 aromatic carbocycles. The van der Waals surface area contributed by atoms with Crippen LogP contribution in [-0.4, -0.2) is 23.4 Å². The Morgan fingerprint density at radius 3 is 2.50 bits per heavy atom. The van der Waals surface area contributed by atoms with Gasteiger partial charge >= 0.3 is 0 Å². The second-order valence-corrected chi connectivity index (χ2v) is 9.32. The Kier molecular flexibility index (Phi) is 7.91. The number of carbonyl (C=O) groups excluding carboxylic acids is 1. The van der Waals surface area contributed by atoms with Gasteiger partial charge in [-0.15, -0.1) is 0 Å². The van der Waals surface area contributed by atoms with E-state index in [-0.39, 0.29) is 28.6 Å². The van der Waals surface area contributed by atoms with Crippen LogP contribution in [0.25, 0.3) is 0 Å². The summed E-state index contributed by atoms with van der Waals surface area (Å²) in [6, 6.07) is 21.0. The number of nitrogens with one attached hydrogen (secondary N) is 1. The summed E-state index contributed by atoms with van der Waals surface area (Å²) in [5, 5.41) is 3.56. The van der Waals surface area contributed by atoms with Crippen molar-refractivity contribution in [3.63, 3.8) is 0 Å². The molecule has 0 fully saturated rings. The monoisotopic (exact) mass is 531 g/mol. The fourth-order valence-corrected chi connectivity index (χ4v) is 4.87. The molecule has 0 bridgehead atoms. The Morgan fingerprint density at radius 2 is 1.76 bits per heavy atom. The number of hydrogen-bond donors (Lipinski definition) is 1. The maximum absolute atomic E-state index is 13.1. The van der Waals surface area contributed by atoms with Crippen LogP contribution in [-0.2, 0) is 24.2 Å². The van der Waals surface area contributed by atoms with Gasteiger partial charge in [-0.05, 0) is 35.4 Å². The lowest BCUT2D eigenvalue weighted by molar-refractivity contribution is 0.0951. The number of nitrogens with zero attached hydrogens (tertiary/aromatic N) is 3. The third kappa shape index (κ3) is 5.63. The summed E-state index contributed by atoms with van der Waals surface area (Å²) in [6.45, 7) is 0.165. The summed E-state index contributed by atoms with van der Waals surface area (Å²) in [7, 11) is 0. The highest BCUT2D eigenvalue weighted by molar-refractivity contribution is 7.81. The molecule has 1 aromatic heterocycles. The number of halogens is 2. The van der Waals surface area contributed by atoms with E-state index in [2.05, 4.69) is 14.1 Å². The van der Waals surface area contributed by atoms with Gasteiger partial charge in [-0.2, -0.15) is 8.75 Å². The lowest BCUT2D eigenvalue weighted by atomic mass is 10.1. The van der Waals surface area contributed by atoms with Gasteiger partial charge in [-0.1, -0.05) is 71.7 Å². The lowest BCUT2D eigenvalue weighted by Gasteiger charge is -2.27. The average molecular weight is 532 g/mol. The number of benzene rings is 3. The standard InChI is InChI=1S/C23H18Cl2N4O3S2/c24-17-10-11-18(23(30)26-14-16-8-4-5-9-19(16)25)21(13-17)29(34(31)32)22-20(27-33-28-22)12-15-6-2-1-3-7-15/h1-11,13H,12,14H2,(H,26,30)(H,31,32)/p-1. The van der Waals surface area contributed by atoms with Gasteiger partial charge in [0, 0.05) is 23.0 Å². The number of rotatable bonds is 8. The van der Waals surface area contributed by atoms with Gasteiger partial charge in [-0.25, -0.2) is 0 Å². The fourth-order valence-electron chi connectivity index (χ4n) is 3.30. The molecule has 1 atom stereocenters. The number of amides is 1. The van der Waals surface area contributed by atoms with Gasteiger partial charge in [0.2, 0.25) is 0 Å². The molecule has 0 radical (unpaired) electrons. The third-order valence-electron chi connectivity index (χ3n) is 4.91. The summed E-state index contributed by atoms with van der Waals surface area (Å²) in [4.78, 5) is 13.1. The van der Waals surface area contributed by atoms with E-state index in [0.717, 1.165) is 27.2 Å². The van der Waals surface area contributed by atoms with Crippen LogP contribution < -0.4 is 9.62 Å². The molecule has 34 heavy (non-hydrogen) atoms. The van der Waals surface area contributed by atoms with Crippen molar-refractivity contribution in [3.8, 4) is 0 Å². The highest BCUT2D eigenvalue weighted by atomic mass is 35.5. The molecule has 0 aliphatic carbocycles. The van der Waals surface area contributed by atoms with Crippen LogP contribution in [0.5, 0.6) is 0 Å². The van der Waals surface area contributed by atoms with Crippen molar-refractivity contribution >= 4 is 63.6 Å². The van der Waals surface area contributed by atoms with Crippen molar-refractivity contribution in [2.24, 2.45) is 0 Å². The molecule has 174 valence electrons. The molecule has 0 spiro atoms. The quantitative estimate of drug-likeness (QED) is 0.311. The highest BCUT2D eigenvalue weighted by Gasteiger charge is 2.24. The predicted molar refractivity (Wildman–Crippen MR) is 134 cm³/mol. The molecule has 4 rings (SSSR count). The van der Waals surface area contributed by atoms with Crippen LogP contribution in [0.2, 0.25) is 10.0 Å². The van der Waals surface area contributed by atoms with Crippen molar-refractivity contribution in [2.45, 2.75) is 13.0 Å². The minimum Gasteiger partial charge on any atom is -0.755 e.